The molecule has 8 nitrogen and oxygen atoms in total. The van der Waals surface area contributed by atoms with Gasteiger partial charge in [-0.2, -0.15) is 0 Å². The lowest BCUT2D eigenvalue weighted by Gasteiger charge is -2.12. The van der Waals surface area contributed by atoms with E-state index in [9.17, 15) is 14.4 Å². The lowest BCUT2D eigenvalue weighted by atomic mass is 10.1. The fourth-order valence-corrected chi connectivity index (χ4v) is 1.16. The molecule has 1 aromatic heterocycles. The molecular formula is C9H12N4O4. The minimum atomic E-state index is -1.22. The van der Waals surface area contributed by atoms with Crippen molar-refractivity contribution in [3.05, 3.63) is 18.2 Å². The number of imidazole rings is 1. The zero-order valence-electron chi connectivity index (χ0n) is 8.84. The van der Waals surface area contributed by atoms with Crippen LogP contribution in [0.5, 0.6) is 0 Å². The molecule has 2 amide bonds. The Morgan fingerprint density at radius 2 is 2.24 bits per heavy atom. The monoisotopic (exact) mass is 240 g/mol. The Balaban J connectivity index is 2.58. The molecule has 0 bridgehead atoms. The number of nitrogens with two attached hydrogens (primary N) is 1. The van der Waals surface area contributed by atoms with Gasteiger partial charge in [0.15, 0.2) is 0 Å². The number of aromatic nitrogens is 2. The molecule has 92 valence electrons. The fourth-order valence-electron chi connectivity index (χ4n) is 1.16. The second kappa shape index (κ2) is 5.64. The topological polar surface area (TPSA) is 138 Å². The molecule has 1 atom stereocenters. The number of aromatic amines is 1. The second-order valence-electron chi connectivity index (χ2n) is 3.33. The van der Waals surface area contributed by atoms with Gasteiger partial charge < -0.3 is 21.1 Å². The Morgan fingerprint density at radius 3 is 2.71 bits per heavy atom. The van der Waals surface area contributed by atoms with Crippen LogP contribution in [0.3, 0.4) is 0 Å². The number of aliphatic carboxylic acids is 1. The number of carbonyl (C=O) groups is 3. The zero-order valence-corrected chi connectivity index (χ0v) is 8.84. The van der Waals surface area contributed by atoms with E-state index >= 15 is 0 Å². The molecule has 0 aromatic carbocycles. The van der Waals surface area contributed by atoms with Crippen molar-refractivity contribution in [2.75, 3.05) is 0 Å². The Hall–Kier alpha value is -2.38. The maximum atomic E-state index is 11.5. The van der Waals surface area contributed by atoms with E-state index in [1.54, 1.807) is 0 Å². The van der Waals surface area contributed by atoms with Gasteiger partial charge in [-0.3, -0.25) is 9.59 Å². The first kappa shape index (κ1) is 12.7. The predicted octanol–water partition coefficient (Wildman–Crippen LogP) is -1.14. The Bertz CT molecular complexity index is 415. The number of nitrogens with zero attached hydrogens (tertiary/aromatic N) is 1. The van der Waals surface area contributed by atoms with Gasteiger partial charge in [0.1, 0.15) is 11.7 Å². The van der Waals surface area contributed by atoms with Gasteiger partial charge in [0.05, 0.1) is 12.5 Å². The highest BCUT2D eigenvalue weighted by molar-refractivity contribution is 5.94. The molecule has 8 heteroatoms. The molecule has 1 aromatic rings. The van der Waals surface area contributed by atoms with E-state index in [1.165, 1.54) is 12.5 Å². The lowest BCUT2D eigenvalue weighted by Crippen LogP contribution is -2.41. The summed E-state index contributed by atoms with van der Waals surface area (Å²) in [6, 6.07) is -1.15. The van der Waals surface area contributed by atoms with Crippen molar-refractivity contribution >= 4 is 17.8 Å². The highest BCUT2D eigenvalue weighted by Crippen LogP contribution is 2.00. The maximum Gasteiger partial charge on any atom is 0.326 e. The summed E-state index contributed by atoms with van der Waals surface area (Å²) in [6.07, 6.45) is 2.40. The molecule has 0 fully saturated rings. The molecule has 0 saturated heterocycles. The van der Waals surface area contributed by atoms with E-state index in [0.29, 0.717) is 0 Å². The largest absolute Gasteiger partial charge is 0.480 e. The molecule has 0 unspecified atom stereocenters. The van der Waals surface area contributed by atoms with Crippen LogP contribution in [0.15, 0.2) is 12.5 Å². The van der Waals surface area contributed by atoms with E-state index in [1.807, 2.05) is 0 Å². The third-order valence-corrected chi connectivity index (χ3v) is 2.03. The summed E-state index contributed by atoms with van der Waals surface area (Å²) in [6.45, 7) is 0. The molecule has 0 aliphatic heterocycles. The van der Waals surface area contributed by atoms with Gasteiger partial charge in [0.2, 0.25) is 5.91 Å². The highest BCUT2D eigenvalue weighted by Gasteiger charge is 2.21. The minimum absolute atomic E-state index is 0.0510. The molecular weight excluding hydrogens is 228 g/mol. The number of carbonyl (C=O) groups excluding carboxylic acids is 2. The SMILES string of the molecule is NC(=O)CC[C@H](NC(=O)c1cnc[nH]1)C(=O)O. The number of H-pyrrole nitrogens is 1. The lowest BCUT2D eigenvalue weighted by molar-refractivity contribution is -0.139. The number of nitrogens with one attached hydrogen (secondary N) is 2. The molecule has 1 rings (SSSR count). The minimum Gasteiger partial charge on any atom is -0.480 e. The molecule has 17 heavy (non-hydrogen) atoms. The van der Waals surface area contributed by atoms with E-state index in [4.69, 9.17) is 10.8 Å². The van der Waals surface area contributed by atoms with Gasteiger partial charge >= 0.3 is 5.97 Å². The zero-order chi connectivity index (χ0) is 12.8. The van der Waals surface area contributed by atoms with Crippen LogP contribution < -0.4 is 11.1 Å². The highest BCUT2D eigenvalue weighted by atomic mass is 16.4. The van der Waals surface area contributed by atoms with Crippen molar-refractivity contribution in [3.63, 3.8) is 0 Å². The predicted molar refractivity (Wildman–Crippen MR) is 55.9 cm³/mol. The van der Waals surface area contributed by atoms with Crippen molar-refractivity contribution in [2.45, 2.75) is 18.9 Å². The van der Waals surface area contributed by atoms with E-state index in [0.717, 1.165) is 0 Å². The number of amides is 2. The summed E-state index contributed by atoms with van der Waals surface area (Å²) in [7, 11) is 0. The summed E-state index contributed by atoms with van der Waals surface area (Å²) >= 11 is 0. The van der Waals surface area contributed by atoms with Gasteiger partial charge in [-0.1, -0.05) is 0 Å². The third-order valence-electron chi connectivity index (χ3n) is 2.03. The molecule has 0 aliphatic rings. The van der Waals surface area contributed by atoms with Crippen molar-refractivity contribution in [3.8, 4) is 0 Å². The molecule has 5 N–H and O–H groups in total. The average Bonchev–Trinajstić information content (AvgIpc) is 2.76. The summed E-state index contributed by atoms with van der Waals surface area (Å²) in [5.74, 6) is -2.44. The van der Waals surface area contributed by atoms with Gasteiger partial charge in [0.25, 0.3) is 5.91 Å². The Labute approximate surface area is 96.2 Å². The number of carboxylic acid groups (broad SMARTS) is 1. The summed E-state index contributed by atoms with van der Waals surface area (Å²) in [5, 5.41) is 11.1. The molecule has 0 saturated carbocycles. The standard InChI is InChI=1S/C9H12N4O4/c10-7(14)2-1-5(9(16)17)13-8(15)6-3-11-4-12-6/h3-5H,1-2H2,(H2,10,14)(H,11,12)(H,13,15)(H,16,17)/t5-/m0/s1. The number of carboxylic acids is 1. The fraction of sp³-hybridized carbons (Fsp3) is 0.333. The van der Waals surface area contributed by atoms with E-state index in [2.05, 4.69) is 15.3 Å². The van der Waals surface area contributed by atoms with Gasteiger partial charge in [0, 0.05) is 6.42 Å². The molecule has 0 aliphatic carbocycles. The van der Waals surface area contributed by atoms with Crippen LogP contribution in [-0.4, -0.2) is 38.9 Å². The Morgan fingerprint density at radius 1 is 1.53 bits per heavy atom. The maximum absolute atomic E-state index is 11.5. The molecule has 0 radical (unpaired) electrons. The van der Waals surface area contributed by atoms with Crippen molar-refractivity contribution < 1.29 is 19.5 Å². The van der Waals surface area contributed by atoms with Gasteiger partial charge in [-0.05, 0) is 6.42 Å². The number of hydrogen-bond acceptors (Lipinski definition) is 4. The average molecular weight is 240 g/mol. The smallest absolute Gasteiger partial charge is 0.326 e. The number of rotatable bonds is 6. The summed E-state index contributed by atoms with van der Waals surface area (Å²) < 4.78 is 0. The van der Waals surface area contributed by atoms with Crippen LogP contribution in [0.2, 0.25) is 0 Å². The second-order valence-corrected chi connectivity index (χ2v) is 3.33. The van der Waals surface area contributed by atoms with Crippen LogP contribution >= 0.6 is 0 Å². The first-order chi connectivity index (χ1) is 8.00. The summed E-state index contributed by atoms with van der Waals surface area (Å²) in [5.41, 5.74) is 5.05. The van der Waals surface area contributed by atoms with Crippen LogP contribution in [0.1, 0.15) is 23.3 Å². The Kier molecular flexibility index (Phi) is 4.21. The van der Waals surface area contributed by atoms with Crippen LogP contribution in [0.4, 0.5) is 0 Å². The normalized spacial score (nSPS) is 11.8. The van der Waals surface area contributed by atoms with E-state index in [-0.39, 0.29) is 18.5 Å². The van der Waals surface area contributed by atoms with Crippen LogP contribution in [0.25, 0.3) is 0 Å². The number of primary amides is 1. The van der Waals surface area contributed by atoms with E-state index < -0.39 is 23.8 Å². The quantitative estimate of drug-likeness (QED) is 0.497. The van der Waals surface area contributed by atoms with Crippen molar-refractivity contribution in [1.29, 1.82) is 0 Å². The van der Waals surface area contributed by atoms with Crippen LogP contribution in [0, 0.1) is 0 Å². The molecule has 1 heterocycles. The molecule has 0 spiro atoms. The first-order valence-electron chi connectivity index (χ1n) is 4.81. The first-order valence-corrected chi connectivity index (χ1v) is 4.81. The number of hydrogen-bond donors (Lipinski definition) is 4. The van der Waals surface area contributed by atoms with Gasteiger partial charge in [-0.25, -0.2) is 9.78 Å². The van der Waals surface area contributed by atoms with Gasteiger partial charge in [-0.15, -0.1) is 0 Å². The van der Waals surface area contributed by atoms with Crippen molar-refractivity contribution in [1.82, 2.24) is 15.3 Å². The summed E-state index contributed by atoms with van der Waals surface area (Å²) in [4.78, 5) is 39.0. The third kappa shape index (κ3) is 3.93. The van der Waals surface area contributed by atoms with Crippen LogP contribution in [-0.2, 0) is 9.59 Å². The van der Waals surface area contributed by atoms with Crippen molar-refractivity contribution in [2.24, 2.45) is 5.73 Å².